The van der Waals surface area contributed by atoms with Gasteiger partial charge in [0.1, 0.15) is 5.82 Å². The lowest BCUT2D eigenvalue weighted by Gasteiger charge is -2.17. The molecule has 1 aliphatic rings. The highest BCUT2D eigenvalue weighted by molar-refractivity contribution is 9.10. The monoisotopic (exact) mass is 286 g/mol. The maximum Gasteiger partial charge on any atom is 0.314 e. The highest BCUT2D eigenvalue weighted by atomic mass is 79.9. The molecular weight excluding hydrogens is 275 g/mol. The van der Waals surface area contributed by atoms with Gasteiger partial charge in [-0.3, -0.25) is 4.79 Å². The first kappa shape index (κ1) is 11.6. The lowest BCUT2D eigenvalue weighted by molar-refractivity contribution is -0.141. The summed E-state index contributed by atoms with van der Waals surface area (Å²) in [5, 5.41) is 9.36. The molecule has 1 aromatic rings. The molecule has 1 N–H and O–H groups in total. The van der Waals surface area contributed by atoms with Gasteiger partial charge in [-0.05, 0) is 35.6 Å². The number of carboxylic acids is 1. The highest BCUT2D eigenvalue weighted by Gasteiger charge is 2.68. The van der Waals surface area contributed by atoms with E-state index in [4.69, 9.17) is 0 Å². The third kappa shape index (κ3) is 1.39. The Hall–Kier alpha value is -0.900. The van der Waals surface area contributed by atoms with Crippen molar-refractivity contribution >= 4 is 21.9 Å². The third-order valence-corrected chi connectivity index (χ3v) is 4.18. The number of carboxylic acid groups (broad SMARTS) is 1. The molecule has 2 nitrogen and oxygen atoms in total. The largest absolute Gasteiger partial charge is 0.481 e. The Balaban J connectivity index is 2.59. The molecule has 0 bridgehead atoms. The molecule has 1 fully saturated rings. The molecule has 0 heterocycles. The number of aliphatic carboxylic acids is 1. The van der Waals surface area contributed by atoms with Crippen LogP contribution in [0.15, 0.2) is 22.7 Å². The summed E-state index contributed by atoms with van der Waals surface area (Å²) in [4.78, 5) is 11.4. The summed E-state index contributed by atoms with van der Waals surface area (Å²) in [6, 6.07) is 4.19. The minimum Gasteiger partial charge on any atom is -0.481 e. The van der Waals surface area contributed by atoms with E-state index in [2.05, 4.69) is 15.9 Å². The predicted octanol–water partition coefficient (Wildman–Crippen LogP) is 3.34. The van der Waals surface area contributed by atoms with Crippen LogP contribution < -0.4 is 0 Å². The molecule has 0 saturated heterocycles. The van der Waals surface area contributed by atoms with Gasteiger partial charge >= 0.3 is 5.97 Å². The van der Waals surface area contributed by atoms with Crippen molar-refractivity contribution in [1.82, 2.24) is 0 Å². The first-order valence-electron chi connectivity index (χ1n) is 5.00. The average molecular weight is 287 g/mol. The molecule has 1 unspecified atom stereocenters. The summed E-state index contributed by atoms with van der Waals surface area (Å²) in [5.41, 5.74) is -0.742. The van der Waals surface area contributed by atoms with E-state index in [0.29, 0.717) is 16.5 Å². The van der Waals surface area contributed by atoms with Gasteiger partial charge in [0.25, 0.3) is 0 Å². The topological polar surface area (TPSA) is 37.3 Å². The second-order valence-electron chi connectivity index (χ2n) is 4.90. The molecular formula is C12H12BrFO2. The first-order valence-corrected chi connectivity index (χ1v) is 5.79. The van der Waals surface area contributed by atoms with Crippen LogP contribution in [0.1, 0.15) is 25.8 Å². The van der Waals surface area contributed by atoms with E-state index in [9.17, 15) is 14.3 Å². The fraction of sp³-hybridized carbons (Fsp3) is 0.417. The van der Waals surface area contributed by atoms with Crippen LogP contribution in [0.4, 0.5) is 4.39 Å². The second-order valence-corrected chi connectivity index (χ2v) is 5.75. The van der Waals surface area contributed by atoms with Gasteiger partial charge in [-0.1, -0.05) is 29.8 Å². The van der Waals surface area contributed by atoms with Crippen LogP contribution in [0.2, 0.25) is 0 Å². The van der Waals surface area contributed by atoms with Crippen LogP contribution in [0.5, 0.6) is 0 Å². The van der Waals surface area contributed by atoms with E-state index in [1.54, 1.807) is 6.07 Å². The number of hydrogen-bond donors (Lipinski definition) is 1. The summed E-state index contributed by atoms with van der Waals surface area (Å²) >= 11 is 3.30. The molecule has 4 heteroatoms. The van der Waals surface area contributed by atoms with Gasteiger partial charge in [0.2, 0.25) is 0 Å². The summed E-state index contributed by atoms with van der Waals surface area (Å²) in [7, 11) is 0. The fourth-order valence-electron chi connectivity index (χ4n) is 2.38. The van der Waals surface area contributed by atoms with Gasteiger partial charge in [0.15, 0.2) is 0 Å². The number of halogens is 2. The van der Waals surface area contributed by atoms with E-state index in [1.165, 1.54) is 12.1 Å². The van der Waals surface area contributed by atoms with Gasteiger partial charge < -0.3 is 5.11 Å². The van der Waals surface area contributed by atoms with Crippen LogP contribution in [-0.2, 0) is 10.2 Å². The van der Waals surface area contributed by atoms with Crippen LogP contribution in [0.25, 0.3) is 0 Å². The van der Waals surface area contributed by atoms with Gasteiger partial charge in [0, 0.05) is 4.47 Å². The molecule has 0 aliphatic heterocycles. The molecule has 1 aromatic carbocycles. The zero-order chi connectivity index (χ0) is 12.1. The molecule has 16 heavy (non-hydrogen) atoms. The minimum atomic E-state index is -0.950. The Bertz CT molecular complexity index is 470. The summed E-state index contributed by atoms with van der Waals surface area (Å²) in [5.74, 6) is -1.29. The molecule has 0 amide bonds. The highest BCUT2D eigenvalue weighted by Crippen LogP contribution is 2.65. The van der Waals surface area contributed by atoms with Crippen molar-refractivity contribution in [1.29, 1.82) is 0 Å². The fourth-order valence-corrected chi connectivity index (χ4v) is 2.97. The van der Waals surface area contributed by atoms with Gasteiger partial charge in [-0.25, -0.2) is 4.39 Å². The molecule has 86 valence electrons. The van der Waals surface area contributed by atoms with Crippen LogP contribution in [0, 0.1) is 11.2 Å². The molecule has 0 spiro atoms. The number of rotatable bonds is 2. The lowest BCUT2D eigenvalue weighted by Crippen LogP contribution is -2.26. The van der Waals surface area contributed by atoms with Crippen molar-refractivity contribution < 1.29 is 14.3 Å². The Kier molecular flexibility index (Phi) is 2.38. The summed E-state index contributed by atoms with van der Waals surface area (Å²) in [6.45, 7) is 3.77. The zero-order valence-electron chi connectivity index (χ0n) is 9.05. The quantitative estimate of drug-likeness (QED) is 0.905. The van der Waals surface area contributed by atoms with Crippen LogP contribution in [-0.4, -0.2) is 11.1 Å². The molecule has 1 saturated carbocycles. The lowest BCUT2D eigenvalue weighted by atomic mass is 9.88. The summed E-state index contributed by atoms with van der Waals surface area (Å²) < 4.78 is 13.9. The zero-order valence-corrected chi connectivity index (χ0v) is 10.6. The minimum absolute atomic E-state index is 0.324. The SMILES string of the molecule is CC1(C)CC1(C(=O)O)c1cc(F)ccc1Br. The van der Waals surface area contributed by atoms with E-state index < -0.39 is 17.2 Å². The Labute approximate surface area is 102 Å². The van der Waals surface area contributed by atoms with Crippen molar-refractivity contribution in [2.45, 2.75) is 25.7 Å². The van der Waals surface area contributed by atoms with Crippen molar-refractivity contribution in [3.05, 3.63) is 34.1 Å². The standard InChI is InChI=1S/C12H12BrFO2/c1-11(2)6-12(11,10(15)16)8-5-7(14)3-4-9(8)13/h3-5H,6H2,1-2H3,(H,15,16). The Morgan fingerprint density at radius 1 is 1.50 bits per heavy atom. The molecule has 0 radical (unpaired) electrons. The number of benzene rings is 1. The van der Waals surface area contributed by atoms with E-state index >= 15 is 0 Å². The molecule has 2 rings (SSSR count). The third-order valence-electron chi connectivity index (χ3n) is 3.49. The van der Waals surface area contributed by atoms with Crippen molar-refractivity contribution in [2.75, 3.05) is 0 Å². The van der Waals surface area contributed by atoms with E-state index in [0.717, 1.165) is 0 Å². The second kappa shape index (κ2) is 3.29. The molecule has 1 atom stereocenters. The summed E-state index contributed by atoms with van der Waals surface area (Å²) in [6.07, 6.45) is 0.539. The Morgan fingerprint density at radius 3 is 2.50 bits per heavy atom. The number of hydrogen-bond acceptors (Lipinski definition) is 1. The molecule has 1 aliphatic carbocycles. The predicted molar refractivity (Wildman–Crippen MR) is 61.8 cm³/mol. The van der Waals surface area contributed by atoms with Gasteiger partial charge in [-0.15, -0.1) is 0 Å². The van der Waals surface area contributed by atoms with E-state index in [-0.39, 0.29) is 5.41 Å². The molecule has 0 aromatic heterocycles. The van der Waals surface area contributed by atoms with E-state index in [1.807, 2.05) is 13.8 Å². The van der Waals surface area contributed by atoms with Crippen LogP contribution in [0.3, 0.4) is 0 Å². The van der Waals surface area contributed by atoms with Crippen molar-refractivity contribution in [3.63, 3.8) is 0 Å². The maximum absolute atomic E-state index is 13.2. The average Bonchev–Trinajstić information content (AvgIpc) is 2.75. The van der Waals surface area contributed by atoms with Crippen molar-refractivity contribution in [2.24, 2.45) is 5.41 Å². The normalized spacial score (nSPS) is 26.5. The van der Waals surface area contributed by atoms with Crippen LogP contribution >= 0.6 is 15.9 Å². The van der Waals surface area contributed by atoms with Crippen molar-refractivity contribution in [3.8, 4) is 0 Å². The maximum atomic E-state index is 13.2. The Morgan fingerprint density at radius 2 is 2.06 bits per heavy atom. The first-order chi connectivity index (χ1) is 7.31. The number of carbonyl (C=O) groups is 1. The van der Waals surface area contributed by atoms with Gasteiger partial charge in [-0.2, -0.15) is 0 Å². The smallest absolute Gasteiger partial charge is 0.314 e. The van der Waals surface area contributed by atoms with Gasteiger partial charge in [0.05, 0.1) is 5.41 Å².